The lowest BCUT2D eigenvalue weighted by Crippen LogP contribution is -2.60. The average Bonchev–Trinajstić information content (AvgIpc) is 3.64. The van der Waals surface area contributed by atoms with Gasteiger partial charge in [-0.3, -0.25) is 19.3 Å². The fourth-order valence-corrected chi connectivity index (χ4v) is 7.11. The van der Waals surface area contributed by atoms with E-state index in [1.54, 1.807) is 19.4 Å². The van der Waals surface area contributed by atoms with Gasteiger partial charge in [-0.1, -0.05) is 19.3 Å². The van der Waals surface area contributed by atoms with E-state index in [1.807, 2.05) is 4.90 Å². The molecule has 2 aliphatic heterocycles. The second kappa shape index (κ2) is 12.2. The molecule has 2 aromatic rings. The van der Waals surface area contributed by atoms with Crippen molar-refractivity contribution in [2.24, 2.45) is 5.92 Å². The van der Waals surface area contributed by atoms with Gasteiger partial charge in [0.2, 0.25) is 17.6 Å². The Bertz CT molecular complexity index is 1180. The highest BCUT2D eigenvalue weighted by Gasteiger charge is 2.44. The van der Waals surface area contributed by atoms with Gasteiger partial charge in [0.25, 0.3) is 0 Å². The summed E-state index contributed by atoms with van der Waals surface area (Å²) in [6, 6.07) is 4.49. The molecule has 0 radical (unpaired) electrons. The minimum absolute atomic E-state index is 0.0447. The van der Waals surface area contributed by atoms with Crippen LogP contribution in [0.15, 0.2) is 29.6 Å². The molecule has 0 unspecified atom stereocenters. The maximum atomic E-state index is 14.4. The van der Waals surface area contributed by atoms with Crippen LogP contribution in [0.4, 0.5) is 4.39 Å². The van der Waals surface area contributed by atoms with Gasteiger partial charge in [-0.05, 0) is 76.4 Å². The number of hydrogen-bond acceptors (Lipinski definition) is 7. The highest BCUT2D eigenvalue weighted by Crippen LogP contribution is 2.36. The second-order valence-electron chi connectivity index (χ2n) is 11.1. The Labute approximate surface area is 233 Å². The predicted molar refractivity (Wildman–Crippen MR) is 148 cm³/mol. The van der Waals surface area contributed by atoms with Gasteiger partial charge in [-0.15, -0.1) is 11.3 Å². The second-order valence-corrected chi connectivity index (χ2v) is 12.0. The van der Waals surface area contributed by atoms with E-state index in [0.717, 1.165) is 56.5 Å². The van der Waals surface area contributed by atoms with Crippen LogP contribution in [-0.2, 0) is 9.59 Å². The number of carbonyl (C=O) groups is 3. The lowest BCUT2D eigenvalue weighted by atomic mass is 9.82. The van der Waals surface area contributed by atoms with Crippen LogP contribution >= 0.6 is 11.3 Å². The van der Waals surface area contributed by atoms with E-state index in [2.05, 4.69) is 15.5 Å². The number of halogens is 1. The summed E-state index contributed by atoms with van der Waals surface area (Å²) in [5.74, 6) is -0.770. The average molecular weight is 556 g/mol. The van der Waals surface area contributed by atoms with Crippen molar-refractivity contribution in [1.82, 2.24) is 25.4 Å². The first-order valence-corrected chi connectivity index (χ1v) is 15.0. The Morgan fingerprint density at radius 3 is 2.51 bits per heavy atom. The first kappa shape index (κ1) is 27.9. The summed E-state index contributed by atoms with van der Waals surface area (Å²) in [5, 5.41) is 8.54. The molecule has 1 saturated carbocycles. The fourth-order valence-electron chi connectivity index (χ4n) is 6.20. The minimum Gasteiger partial charge on any atom is -0.343 e. The standard InChI is InChI=1S/C29H38FN5O3S/c1-18(31-2)27(37)33-25(19-7-4-3-5-8-19)29(38)35-15-22-9-6-14-34(22)16-24(35)28-32-23(17-39-28)26(36)20-10-12-21(30)13-11-20/h10-13,17-19,22,24-25,31H,3-9,14-16H2,1-2H3,(H,33,37)/t18-,22-,24-,25-/m0/s1. The molecule has 5 rings (SSSR count). The molecule has 2 amide bonds. The Kier molecular flexibility index (Phi) is 8.73. The Morgan fingerprint density at radius 1 is 1.05 bits per heavy atom. The van der Waals surface area contributed by atoms with Crippen molar-refractivity contribution in [3.63, 3.8) is 0 Å². The molecule has 8 nitrogen and oxygen atoms in total. The number of thiazole rings is 1. The molecular formula is C29H38FN5O3S. The molecular weight excluding hydrogens is 517 g/mol. The number of piperazine rings is 1. The number of likely N-dealkylation sites (N-methyl/N-ethyl adjacent to an activating group) is 1. The third-order valence-electron chi connectivity index (χ3n) is 8.63. The van der Waals surface area contributed by atoms with Crippen molar-refractivity contribution in [3.8, 4) is 0 Å². The van der Waals surface area contributed by atoms with Gasteiger partial charge in [-0.2, -0.15) is 0 Å². The number of ketones is 1. The largest absolute Gasteiger partial charge is 0.343 e. The molecule has 3 aliphatic rings. The monoisotopic (exact) mass is 555 g/mol. The van der Waals surface area contributed by atoms with Gasteiger partial charge in [-0.25, -0.2) is 9.37 Å². The van der Waals surface area contributed by atoms with Crippen molar-refractivity contribution < 1.29 is 18.8 Å². The summed E-state index contributed by atoms with van der Waals surface area (Å²) in [6.45, 7) is 4.03. The first-order chi connectivity index (χ1) is 18.9. The summed E-state index contributed by atoms with van der Waals surface area (Å²) in [5.41, 5.74) is 0.681. The van der Waals surface area contributed by atoms with E-state index in [-0.39, 0.29) is 29.6 Å². The number of benzene rings is 1. The summed E-state index contributed by atoms with van der Waals surface area (Å²) < 4.78 is 13.4. The summed E-state index contributed by atoms with van der Waals surface area (Å²) in [4.78, 5) is 49.4. The van der Waals surface area contributed by atoms with Gasteiger partial charge < -0.3 is 15.5 Å². The molecule has 0 bridgehead atoms. The van der Waals surface area contributed by atoms with Crippen LogP contribution in [0.3, 0.4) is 0 Å². The molecule has 3 heterocycles. The topological polar surface area (TPSA) is 94.6 Å². The zero-order chi connectivity index (χ0) is 27.5. The van der Waals surface area contributed by atoms with E-state index < -0.39 is 17.9 Å². The number of rotatable bonds is 8. The molecule has 0 spiro atoms. The smallest absolute Gasteiger partial charge is 0.246 e. The number of amides is 2. The maximum absolute atomic E-state index is 14.4. The van der Waals surface area contributed by atoms with Crippen LogP contribution in [0.5, 0.6) is 0 Å². The molecule has 3 fully saturated rings. The van der Waals surface area contributed by atoms with E-state index in [0.29, 0.717) is 30.4 Å². The van der Waals surface area contributed by atoms with Crippen LogP contribution in [0.1, 0.15) is 79.0 Å². The SMILES string of the molecule is CN[C@@H](C)C(=O)N[C@H](C(=O)N1C[C@@H]2CCCN2C[C@H]1c1nc(C(=O)c2ccc(F)cc2)cs1)C1CCCCC1. The fraction of sp³-hybridized carbons (Fsp3) is 0.586. The number of nitrogens with one attached hydrogen (secondary N) is 2. The zero-order valence-electron chi connectivity index (χ0n) is 22.7. The third kappa shape index (κ3) is 6.07. The van der Waals surface area contributed by atoms with Crippen LogP contribution in [0, 0.1) is 11.7 Å². The predicted octanol–water partition coefficient (Wildman–Crippen LogP) is 3.53. The van der Waals surface area contributed by atoms with Crippen molar-refractivity contribution in [1.29, 1.82) is 0 Å². The van der Waals surface area contributed by atoms with Crippen molar-refractivity contribution in [2.45, 2.75) is 76.0 Å². The highest BCUT2D eigenvalue weighted by atomic mass is 32.1. The molecule has 1 aliphatic carbocycles. The summed E-state index contributed by atoms with van der Waals surface area (Å²) >= 11 is 1.38. The zero-order valence-corrected chi connectivity index (χ0v) is 23.5. The number of nitrogens with zero attached hydrogens (tertiary/aromatic N) is 3. The van der Waals surface area contributed by atoms with Crippen LogP contribution in [0.2, 0.25) is 0 Å². The number of carbonyl (C=O) groups excluding carboxylic acids is 3. The van der Waals surface area contributed by atoms with Gasteiger partial charge in [0.1, 0.15) is 22.6 Å². The number of aromatic nitrogens is 1. The first-order valence-electron chi connectivity index (χ1n) is 14.1. The lowest BCUT2D eigenvalue weighted by Gasteiger charge is -2.45. The van der Waals surface area contributed by atoms with Gasteiger partial charge in [0, 0.05) is 30.1 Å². The van der Waals surface area contributed by atoms with E-state index in [4.69, 9.17) is 4.98 Å². The van der Waals surface area contributed by atoms with E-state index in [1.165, 1.54) is 35.6 Å². The van der Waals surface area contributed by atoms with Gasteiger partial charge in [0.05, 0.1) is 12.1 Å². The van der Waals surface area contributed by atoms with Crippen LogP contribution < -0.4 is 10.6 Å². The molecule has 39 heavy (non-hydrogen) atoms. The highest BCUT2D eigenvalue weighted by molar-refractivity contribution is 7.10. The van der Waals surface area contributed by atoms with E-state index in [9.17, 15) is 18.8 Å². The lowest BCUT2D eigenvalue weighted by molar-refractivity contribution is -0.144. The van der Waals surface area contributed by atoms with Crippen molar-refractivity contribution in [3.05, 3.63) is 51.7 Å². The van der Waals surface area contributed by atoms with Crippen molar-refractivity contribution in [2.75, 3.05) is 26.7 Å². The van der Waals surface area contributed by atoms with Crippen molar-refractivity contribution >= 4 is 28.9 Å². The van der Waals surface area contributed by atoms with Gasteiger partial charge in [0.15, 0.2) is 0 Å². The van der Waals surface area contributed by atoms with Crippen LogP contribution in [0.25, 0.3) is 0 Å². The molecule has 10 heteroatoms. The van der Waals surface area contributed by atoms with Crippen LogP contribution in [-0.4, -0.2) is 77.2 Å². The molecule has 1 aromatic heterocycles. The maximum Gasteiger partial charge on any atom is 0.246 e. The Morgan fingerprint density at radius 2 is 1.79 bits per heavy atom. The molecule has 2 N–H and O–H groups in total. The van der Waals surface area contributed by atoms with E-state index >= 15 is 0 Å². The minimum atomic E-state index is -0.579. The number of hydrogen-bond donors (Lipinski definition) is 2. The van der Waals surface area contributed by atoms with Gasteiger partial charge >= 0.3 is 0 Å². The molecule has 210 valence electrons. The summed E-state index contributed by atoms with van der Waals surface area (Å²) in [6.07, 6.45) is 7.26. The molecule has 1 aromatic carbocycles. The number of fused-ring (bicyclic) bond motifs is 1. The summed E-state index contributed by atoms with van der Waals surface area (Å²) in [7, 11) is 1.74. The quantitative estimate of drug-likeness (QED) is 0.484. The molecule has 4 atom stereocenters. The third-order valence-corrected chi connectivity index (χ3v) is 9.58. The Hall–Kier alpha value is -2.69. The molecule has 2 saturated heterocycles. The Balaban J connectivity index is 1.43. The normalized spacial score (nSPS) is 23.7.